The third kappa shape index (κ3) is 5.63. The van der Waals surface area contributed by atoms with Gasteiger partial charge >= 0.3 is 0 Å². The van der Waals surface area contributed by atoms with Crippen LogP contribution >= 0.6 is 0 Å². The lowest BCUT2D eigenvalue weighted by molar-refractivity contribution is -0.142. The van der Waals surface area contributed by atoms with Crippen molar-refractivity contribution in [3.63, 3.8) is 0 Å². The van der Waals surface area contributed by atoms with Gasteiger partial charge in [-0.25, -0.2) is 4.68 Å². The number of ether oxygens (including phenoxy) is 1. The average Bonchev–Trinajstić information content (AvgIpc) is 3.59. The van der Waals surface area contributed by atoms with Gasteiger partial charge in [-0.15, -0.1) is 5.10 Å². The number of para-hydroxylation sites is 1. The Bertz CT molecular complexity index is 1360. The molecule has 8 heteroatoms. The first kappa shape index (κ1) is 24.5. The number of methoxy groups -OCH3 is 1. The summed E-state index contributed by atoms with van der Waals surface area (Å²) in [4.78, 5) is 29.5. The monoisotopic (exact) mass is 497 g/mol. The van der Waals surface area contributed by atoms with Crippen molar-refractivity contribution in [2.24, 2.45) is 0 Å². The van der Waals surface area contributed by atoms with Crippen LogP contribution in [0.5, 0.6) is 5.75 Å². The van der Waals surface area contributed by atoms with Gasteiger partial charge in [0, 0.05) is 12.6 Å². The number of hydrogen-bond donors (Lipinski definition) is 1. The Balaban J connectivity index is 1.53. The molecule has 5 rings (SSSR count). The zero-order chi connectivity index (χ0) is 25.6. The van der Waals surface area contributed by atoms with E-state index < -0.39 is 6.04 Å². The number of hydrogen-bond acceptors (Lipinski definition) is 5. The van der Waals surface area contributed by atoms with Crippen LogP contribution in [0.4, 0.5) is 0 Å². The van der Waals surface area contributed by atoms with Crippen LogP contribution in [0.3, 0.4) is 0 Å². The lowest BCUT2D eigenvalue weighted by atomic mass is 10.0. The SMILES string of the molecule is COc1cccc(C(C(=O)NC2CCCC2)N(Cc2ccccc2)C(=O)Cn2nnc3ccccc32)c1. The Labute approximate surface area is 216 Å². The average molecular weight is 498 g/mol. The van der Waals surface area contributed by atoms with Gasteiger partial charge in [0.15, 0.2) is 0 Å². The van der Waals surface area contributed by atoms with Gasteiger partial charge < -0.3 is 15.0 Å². The highest BCUT2D eigenvalue weighted by Crippen LogP contribution is 2.29. The number of nitrogens with one attached hydrogen (secondary N) is 1. The van der Waals surface area contributed by atoms with E-state index in [-0.39, 0.29) is 30.9 Å². The van der Waals surface area contributed by atoms with Crippen molar-refractivity contribution in [1.29, 1.82) is 0 Å². The molecule has 1 aliphatic carbocycles. The zero-order valence-electron chi connectivity index (χ0n) is 20.9. The molecular formula is C29H31N5O3. The Morgan fingerprint density at radius 1 is 1.03 bits per heavy atom. The zero-order valence-corrected chi connectivity index (χ0v) is 20.9. The molecule has 0 radical (unpaired) electrons. The maximum atomic E-state index is 14.0. The number of fused-ring (bicyclic) bond motifs is 1. The molecule has 1 aliphatic rings. The van der Waals surface area contributed by atoms with Gasteiger partial charge in [-0.1, -0.05) is 72.7 Å². The van der Waals surface area contributed by atoms with Crippen LogP contribution in [0, 0.1) is 0 Å². The predicted octanol–water partition coefficient (Wildman–Crippen LogP) is 4.27. The molecule has 1 heterocycles. The van der Waals surface area contributed by atoms with Crippen LogP contribution in [-0.2, 0) is 22.7 Å². The minimum Gasteiger partial charge on any atom is -0.497 e. The summed E-state index contributed by atoms with van der Waals surface area (Å²) in [6.45, 7) is 0.233. The number of carbonyl (C=O) groups is 2. The minimum atomic E-state index is -0.835. The molecule has 190 valence electrons. The Morgan fingerprint density at radius 3 is 2.57 bits per heavy atom. The minimum absolute atomic E-state index is 0.0372. The summed E-state index contributed by atoms with van der Waals surface area (Å²) in [6.07, 6.45) is 4.10. The fourth-order valence-corrected chi connectivity index (χ4v) is 4.99. The van der Waals surface area contributed by atoms with Crippen LogP contribution in [0.25, 0.3) is 11.0 Å². The van der Waals surface area contributed by atoms with Gasteiger partial charge in [0.1, 0.15) is 23.9 Å². The van der Waals surface area contributed by atoms with Crippen molar-refractivity contribution >= 4 is 22.8 Å². The molecular weight excluding hydrogens is 466 g/mol. The standard InChI is InChI=1S/C29H31N5O3/c1-37-24-15-9-12-22(18-24)28(29(36)30-23-13-5-6-14-23)33(19-21-10-3-2-4-11-21)27(35)20-34-26-17-8-7-16-25(26)31-32-34/h2-4,7-12,15-18,23,28H,5-6,13-14,19-20H2,1H3,(H,30,36). The quantitative estimate of drug-likeness (QED) is 0.373. The number of amides is 2. The largest absolute Gasteiger partial charge is 0.497 e. The van der Waals surface area contributed by atoms with E-state index in [0.29, 0.717) is 16.8 Å². The molecule has 1 unspecified atom stereocenters. The van der Waals surface area contributed by atoms with E-state index in [1.54, 1.807) is 16.7 Å². The number of benzene rings is 3. The highest BCUT2D eigenvalue weighted by molar-refractivity contribution is 5.89. The summed E-state index contributed by atoms with van der Waals surface area (Å²) in [7, 11) is 1.59. The molecule has 0 spiro atoms. The van der Waals surface area contributed by atoms with E-state index in [2.05, 4.69) is 15.6 Å². The Morgan fingerprint density at radius 2 is 1.78 bits per heavy atom. The third-order valence-corrected chi connectivity index (χ3v) is 6.89. The molecule has 37 heavy (non-hydrogen) atoms. The van der Waals surface area contributed by atoms with Crippen LogP contribution in [-0.4, -0.2) is 44.9 Å². The number of rotatable bonds is 9. The molecule has 0 aliphatic heterocycles. The lowest BCUT2D eigenvalue weighted by Crippen LogP contribution is -2.46. The van der Waals surface area contributed by atoms with Crippen molar-refractivity contribution in [2.75, 3.05) is 7.11 Å². The molecule has 1 aromatic heterocycles. The van der Waals surface area contributed by atoms with E-state index in [0.717, 1.165) is 36.8 Å². The van der Waals surface area contributed by atoms with Gasteiger partial charge in [-0.2, -0.15) is 0 Å². The van der Waals surface area contributed by atoms with E-state index in [4.69, 9.17) is 4.74 Å². The summed E-state index contributed by atoms with van der Waals surface area (Å²) < 4.78 is 7.04. The maximum absolute atomic E-state index is 14.0. The molecule has 2 amide bonds. The summed E-state index contributed by atoms with van der Waals surface area (Å²) >= 11 is 0. The first-order valence-corrected chi connectivity index (χ1v) is 12.7. The summed E-state index contributed by atoms with van der Waals surface area (Å²) in [5.74, 6) is 0.215. The van der Waals surface area contributed by atoms with Crippen LogP contribution in [0.15, 0.2) is 78.9 Å². The van der Waals surface area contributed by atoms with Crippen LogP contribution in [0.2, 0.25) is 0 Å². The van der Waals surface area contributed by atoms with E-state index >= 15 is 0 Å². The van der Waals surface area contributed by atoms with Gasteiger partial charge in [-0.05, 0) is 48.2 Å². The van der Waals surface area contributed by atoms with Crippen molar-refractivity contribution < 1.29 is 14.3 Å². The molecule has 1 atom stereocenters. The molecule has 4 aromatic rings. The van der Waals surface area contributed by atoms with Crippen molar-refractivity contribution in [2.45, 2.75) is 50.9 Å². The van der Waals surface area contributed by atoms with Crippen LogP contribution < -0.4 is 10.1 Å². The van der Waals surface area contributed by atoms with Crippen molar-refractivity contribution in [3.05, 3.63) is 90.0 Å². The van der Waals surface area contributed by atoms with Gasteiger partial charge in [0.05, 0.1) is 12.6 Å². The highest BCUT2D eigenvalue weighted by Gasteiger charge is 2.34. The fourth-order valence-electron chi connectivity index (χ4n) is 4.99. The lowest BCUT2D eigenvalue weighted by Gasteiger charge is -2.32. The molecule has 1 saturated carbocycles. The third-order valence-electron chi connectivity index (χ3n) is 6.89. The fraction of sp³-hybridized carbons (Fsp3) is 0.310. The Hall–Kier alpha value is -4.20. The normalized spacial score (nSPS) is 14.4. The Kier molecular flexibility index (Phi) is 7.44. The number of nitrogens with zero attached hydrogens (tertiary/aromatic N) is 4. The molecule has 1 fully saturated rings. The first-order valence-electron chi connectivity index (χ1n) is 12.7. The molecule has 0 bridgehead atoms. The highest BCUT2D eigenvalue weighted by atomic mass is 16.5. The molecule has 3 aromatic carbocycles. The van der Waals surface area contributed by atoms with E-state index in [1.807, 2.05) is 78.9 Å². The summed E-state index contributed by atoms with van der Waals surface area (Å²) in [5.41, 5.74) is 3.11. The second-order valence-corrected chi connectivity index (χ2v) is 9.41. The predicted molar refractivity (Wildman–Crippen MR) is 141 cm³/mol. The second kappa shape index (κ2) is 11.2. The van der Waals surface area contributed by atoms with Gasteiger partial charge in [0.2, 0.25) is 11.8 Å². The number of aromatic nitrogens is 3. The van der Waals surface area contributed by atoms with Crippen molar-refractivity contribution in [1.82, 2.24) is 25.2 Å². The smallest absolute Gasteiger partial charge is 0.247 e. The number of carbonyl (C=O) groups excluding carboxylic acids is 2. The molecule has 1 N–H and O–H groups in total. The van der Waals surface area contributed by atoms with Gasteiger partial charge in [-0.3, -0.25) is 9.59 Å². The maximum Gasteiger partial charge on any atom is 0.247 e. The second-order valence-electron chi connectivity index (χ2n) is 9.41. The summed E-state index contributed by atoms with van der Waals surface area (Å²) in [6, 6.07) is 23.9. The summed E-state index contributed by atoms with van der Waals surface area (Å²) in [5, 5.41) is 11.6. The van der Waals surface area contributed by atoms with Crippen molar-refractivity contribution in [3.8, 4) is 5.75 Å². The molecule has 8 nitrogen and oxygen atoms in total. The molecule has 0 saturated heterocycles. The topological polar surface area (TPSA) is 89.4 Å². The van der Waals surface area contributed by atoms with Crippen LogP contribution in [0.1, 0.15) is 42.9 Å². The van der Waals surface area contributed by atoms with E-state index in [1.165, 1.54) is 0 Å². The first-order chi connectivity index (χ1) is 18.1. The van der Waals surface area contributed by atoms with E-state index in [9.17, 15) is 9.59 Å². The van der Waals surface area contributed by atoms with Gasteiger partial charge in [0.25, 0.3) is 0 Å².